The minimum Gasteiger partial charge on any atom is -0.356 e. The average molecular weight is 240 g/mol. The predicted octanol–water partition coefficient (Wildman–Crippen LogP) is 2.41. The van der Waals surface area contributed by atoms with E-state index in [-0.39, 0.29) is 11.3 Å². The molecule has 0 aliphatic carbocycles. The van der Waals surface area contributed by atoms with E-state index in [2.05, 4.69) is 17.1 Å². The van der Waals surface area contributed by atoms with Crippen LogP contribution < -0.4 is 5.32 Å². The van der Waals surface area contributed by atoms with Crippen LogP contribution in [-0.2, 0) is 4.79 Å². The van der Waals surface area contributed by atoms with Gasteiger partial charge in [0.1, 0.15) is 0 Å². The highest BCUT2D eigenvalue weighted by Crippen LogP contribution is 2.19. The van der Waals surface area contributed by atoms with Crippen molar-refractivity contribution >= 4 is 5.91 Å². The first-order valence-electron chi connectivity index (χ1n) is 7.07. The molecular formula is C14H28N2O. The lowest BCUT2D eigenvalue weighted by Gasteiger charge is -2.26. The van der Waals surface area contributed by atoms with Crippen molar-refractivity contribution in [2.24, 2.45) is 5.41 Å². The van der Waals surface area contributed by atoms with E-state index < -0.39 is 0 Å². The molecule has 0 atom stereocenters. The Hall–Kier alpha value is -0.570. The van der Waals surface area contributed by atoms with E-state index in [0.29, 0.717) is 0 Å². The summed E-state index contributed by atoms with van der Waals surface area (Å²) in [6.07, 6.45) is 6.04. The SMILES string of the molecule is CCC(C)(C)C(=O)NCCCN1CCCCC1. The molecule has 1 fully saturated rings. The van der Waals surface area contributed by atoms with E-state index in [0.717, 1.165) is 25.9 Å². The Labute approximate surface area is 106 Å². The van der Waals surface area contributed by atoms with Crippen molar-refractivity contribution in [3.63, 3.8) is 0 Å². The van der Waals surface area contributed by atoms with Gasteiger partial charge >= 0.3 is 0 Å². The second-order valence-electron chi connectivity index (χ2n) is 5.75. The van der Waals surface area contributed by atoms with E-state index in [1.165, 1.54) is 32.4 Å². The summed E-state index contributed by atoms with van der Waals surface area (Å²) in [5.41, 5.74) is -0.217. The van der Waals surface area contributed by atoms with Crippen LogP contribution in [0.15, 0.2) is 0 Å². The van der Waals surface area contributed by atoms with E-state index in [1.54, 1.807) is 0 Å². The molecular weight excluding hydrogens is 212 g/mol. The summed E-state index contributed by atoms with van der Waals surface area (Å²) in [5.74, 6) is 0.193. The molecule has 0 bridgehead atoms. The van der Waals surface area contributed by atoms with Gasteiger partial charge in [-0.2, -0.15) is 0 Å². The Morgan fingerprint density at radius 1 is 1.24 bits per heavy atom. The van der Waals surface area contributed by atoms with Gasteiger partial charge in [-0.25, -0.2) is 0 Å². The number of rotatable bonds is 6. The lowest BCUT2D eigenvalue weighted by atomic mass is 9.89. The van der Waals surface area contributed by atoms with Gasteiger partial charge in [-0.15, -0.1) is 0 Å². The number of nitrogens with zero attached hydrogens (tertiary/aromatic N) is 1. The molecule has 3 heteroatoms. The fourth-order valence-electron chi connectivity index (χ4n) is 2.09. The maximum absolute atomic E-state index is 11.8. The van der Waals surface area contributed by atoms with Gasteiger partial charge < -0.3 is 10.2 Å². The summed E-state index contributed by atoms with van der Waals surface area (Å²) in [6.45, 7) is 10.5. The van der Waals surface area contributed by atoms with E-state index >= 15 is 0 Å². The molecule has 1 amide bonds. The second kappa shape index (κ2) is 7.00. The standard InChI is InChI=1S/C14H28N2O/c1-4-14(2,3)13(17)15-9-8-12-16-10-6-5-7-11-16/h4-12H2,1-3H3,(H,15,17). The molecule has 0 unspecified atom stereocenters. The molecule has 0 spiro atoms. The highest BCUT2D eigenvalue weighted by atomic mass is 16.2. The number of nitrogens with one attached hydrogen (secondary N) is 1. The minimum absolute atomic E-state index is 0.193. The summed E-state index contributed by atoms with van der Waals surface area (Å²) in [4.78, 5) is 14.3. The van der Waals surface area contributed by atoms with Crippen LogP contribution >= 0.6 is 0 Å². The normalized spacial score (nSPS) is 18.1. The van der Waals surface area contributed by atoms with E-state index in [9.17, 15) is 4.79 Å². The third-order valence-electron chi connectivity index (χ3n) is 3.88. The molecule has 0 aromatic rings. The first-order valence-corrected chi connectivity index (χ1v) is 7.07. The molecule has 1 aliphatic heterocycles. The molecule has 0 aromatic heterocycles. The monoisotopic (exact) mass is 240 g/mol. The van der Waals surface area contributed by atoms with Crippen molar-refractivity contribution < 1.29 is 4.79 Å². The van der Waals surface area contributed by atoms with Crippen LogP contribution in [0.4, 0.5) is 0 Å². The zero-order chi connectivity index (χ0) is 12.7. The quantitative estimate of drug-likeness (QED) is 0.723. The van der Waals surface area contributed by atoms with Crippen LogP contribution in [0.3, 0.4) is 0 Å². The summed E-state index contributed by atoms with van der Waals surface area (Å²) < 4.78 is 0. The molecule has 1 aliphatic rings. The lowest BCUT2D eigenvalue weighted by Crippen LogP contribution is -2.38. The molecule has 0 aromatic carbocycles. The summed E-state index contributed by atoms with van der Waals surface area (Å²) in [7, 11) is 0. The first kappa shape index (κ1) is 14.5. The predicted molar refractivity (Wildman–Crippen MR) is 72.0 cm³/mol. The van der Waals surface area contributed by atoms with Crippen LogP contribution in [0.25, 0.3) is 0 Å². The largest absolute Gasteiger partial charge is 0.356 e. The van der Waals surface area contributed by atoms with Crippen LogP contribution in [0.5, 0.6) is 0 Å². The Bertz CT molecular complexity index is 232. The Morgan fingerprint density at radius 2 is 1.88 bits per heavy atom. The van der Waals surface area contributed by atoms with Crippen molar-refractivity contribution in [3.05, 3.63) is 0 Å². The highest BCUT2D eigenvalue weighted by molar-refractivity contribution is 5.81. The van der Waals surface area contributed by atoms with E-state index in [1.807, 2.05) is 13.8 Å². The number of amides is 1. The summed E-state index contributed by atoms with van der Waals surface area (Å²) in [6, 6.07) is 0. The number of hydrogen-bond donors (Lipinski definition) is 1. The van der Waals surface area contributed by atoms with Crippen molar-refractivity contribution in [1.29, 1.82) is 0 Å². The number of carbonyl (C=O) groups is 1. The maximum Gasteiger partial charge on any atom is 0.225 e. The smallest absolute Gasteiger partial charge is 0.225 e. The van der Waals surface area contributed by atoms with Gasteiger partial charge in [-0.3, -0.25) is 4.79 Å². The molecule has 1 heterocycles. The Balaban J connectivity index is 2.09. The maximum atomic E-state index is 11.8. The van der Waals surface area contributed by atoms with Gasteiger partial charge in [-0.1, -0.05) is 27.2 Å². The molecule has 1 N–H and O–H groups in total. The van der Waals surface area contributed by atoms with Crippen LogP contribution in [0.1, 0.15) is 52.9 Å². The molecule has 3 nitrogen and oxygen atoms in total. The zero-order valence-corrected chi connectivity index (χ0v) is 11.7. The molecule has 100 valence electrons. The van der Waals surface area contributed by atoms with Crippen LogP contribution in [0.2, 0.25) is 0 Å². The van der Waals surface area contributed by atoms with Crippen LogP contribution in [0, 0.1) is 5.41 Å². The van der Waals surface area contributed by atoms with Gasteiger partial charge in [0.15, 0.2) is 0 Å². The number of piperidine rings is 1. The summed E-state index contributed by atoms with van der Waals surface area (Å²) in [5, 5.41) is 3.05. The van der Waals surface area contributed by atoms with Crippen LogP contribution in [-0.4, -0.2) is 37.0 Å². The van der Waals surface area contributed by atoms with Crippen molar-refractivity contribution in [3.8, 4) is 0 Å². The third kappa shape index (κ3) is 5.07. The Kier molecular flexibility index (Phi) is 5.96. The van der Waals surface area contributed by atoms with Crippen molar-refractivity contribution in [2.75, 3.05) is 26.2 Å². The van der Waals surface area contributed by atoms with Crippen molar-refractivity contribution in [2.45, 2.75) is 52.9 Å². The molecule has 1 rings (SSSR count). The second-order valence-corrected chi connectivity index (χ2v) is 5.75. The van der Waals surface area contributed by atoms with E-state index in [4.69, 9.17) is 0 Å². The van der Waals surface area contributed by atoms with Gasteiger partial charge in [0.2, 0.25) is 5.91 Å². The van der Waals surface area contributed by atoms with Gasteiger partial charge in [0, 0.05) is 12.0 Å². The number of likely N-dealkylation sites (tertiary alicyclic amines) is 1. The molecule has 0 saturated carbocycles. The minimum atomic E-state index is -0.217. The fraction of sp³-hybridized carbons (Fsp3) is 0.929. The number of carbonyl (C=O) groups excluding carboxylic acids is 1. The topological polar surface area (TPSA) is 32.3 Å². The van der Waals surface area contributed by atoms with Crippen molar-refractivity contribution in [1.82, 2.24) is 10.2 Å². The van der Waals surface area contributed by atoms with Gasteiger partial charge in [0.25, 0.3) is 0 Å². The molecule has 0 radical (unpaired) electrons. The molecule has 1 saturated heterocycles. The zero-order valence-electron chi connectivity index (χ0n) is 11.7. The van der Waals surface area contributed by atoms with Gasteiger partial charge in [0.05, 0.1) is 0 Å². The lowest BCUT2D eigenvalue weighted by molar-refractivity contribution is -0.129. The highest BCUT2D eigenvalue weighted by Gasteiger charge is 2.24. The average Bonchev–Trinajstić information content (AvgIpc) is 2.35. The van der Waals surface area contributed by atoms with Gasteiger partial charge in [-0.05, 0) is 45.3 Å². The summed E-state index contributed by atoms with van der Waals surface area (Å²) >= 11 is 0. The third-order valence-corrected chi connectivity index (χ3v) is 3.88. The Morgan fingerprint density at radius 3 is 2.47 bits per heavy atom. The first-order chi connectivity index (χ1) is 8.06. The fourth-order valence-corrected chi connectivity index (χ4v) is 2.09. The molecule has 17 heavy (non-hydrogen) atoms. The number of hydrogen-bond acceptors (Lipinski definition) is 2.